The first kappa shape index (κ1) is 10.8. The van der Waals surface area contributed by atoms with E-state index in [4.69, 9.17) is 0 Å². The highest BCUT2D eigenvalue weighted by Crippen LogP contribution is 2.22. The van der Waals surface area contributed by atoms with Gasteiger partial charge in [0.05, 0.1) is 18.6 Å². The van der Waals surface area contributed by atoms with Crippen LogP contribution in [0.3, 0.4) is 0 Å². The Morgan fingerprint density at radius 1 is 1.17 bits per heavy atom. The van der Waals surface area contributed by atoms with Crippen molar-refractivity contribution in [2.45, 2.75) is 6.54 Å². The first-order valence-electron chi connectivity index (χ1n) is 5.86. The summed E-state index contributed by atoms with van der Waals surface area (Å²) in [6.45, 7) is 0.754. The van der Waals surface area contributed by atoms with Crippen LogP contribution in [0.2, 0.25) is 0 Å². The number of aryl methyl sites for hydroxylation is 1. The molecule has 0 radical (unpaired) electrons. The molecule has 1 N–H and O–H groups in total. The highest BCUT2D eigenvalue weighted by atomic mass is 15.0. The minimum Gasteiger partial charge on any atom is -0.379 e. The molecule has 2 aromatic heterocycles. The number of hydrogen-bond acceptors (Lipinski definition) is 3. The van der Waals surface area contributed by atoms with Gasteiger partial charge in [-0.05, 0) is 17.5 Å². The van der Waals surface area contributed by atoms with Gasteiger partial charge in [0, 0.05) is 36.7 Å². The second kappa shape index (κ2) is 4.49. The molecule has 4 nitrogen and oxygen atoms in total. The number of rotatable bonds is 3. The number of nitrogens with zero attached hydrogens (tertiary/aromatic N) is 3. The van der Waals surface area contributed by atoms with Gasteiger partial charge in [-0.3, -0.25) is 4.98 Å². The number of nitrogens with one attached hydrogen (secondary N) is 1. The lowest BCUT2D eigenvalue weighted by atomic mass is 10.1. The molecule has 0 bridgehead atoms. The van der Waals surface area contributed by atoms with E-state index in [9.17, 15) is 0 Å². The molecule has 18 heavy (non-hydrogen) atoms. The molecule has 0 atom stereocenters. The monoisotopic (exact) mass is 238 g/mol. The van der Waals surface area contributed by atoms with Crippen LogP contribution in [0.15, 0.2) is 49.2 Å². The van der Waals surface area contributed by atoms with E-state index in [2.05, 4.69) is 27.4 Å². The standard InChI is InChI=1S/C14H14N4/c1-18-10-16-7-12(18)8-17-14-4-2-3-11-5-6-15-9-13(11)14/h2-7,9-10,17H,8H2,1H3. The van der Waals surface area contributed by atoms with Crippen LogP contribution >= 0.6 is 0 Å². The van der Waals surface area contributed by atoms with Crippen molar-refractivity contribution in [1.29, 1.82) is 0 Å². The SMILES string of the molecule is Cn1cncc1CNc1cccc2ccncc12. The van der Waals surface area contributed by atoms with Gasteiger partial charge < -0.3 is 9.88 Å². The summed E-state index contributed by atoms with van der Waals surface area (Å²) in [7, 11) is 1.99. The molecule has 1 aromatic carbocycles. The molecule has 0 spiro atoms. The predicted molar refractivity (Wildman–Crippen MR) is 72.3 cm³/mol. The summed E-state index contributed by atoms with van der Waals surface area (Å²) in [5.74, 6) is 0. The van der Waals surface area contributed by atoms with Crippen molar-refractivity contribution in [1.82, 2.24) is 14.5 Å². The average Bonchev–Trinajstić information content (AvgIpc) is 2.82. The summed E-state index contributed by atoms with van der Waals surface area (Å²) in [4.78, 5) is 8.29. The van der Waals surface area contributed by atoms with Crippen molar-refractivity contribution >= 4 is 16.5 Å². The van der Waals surface area contributed by atoms with E-state index < -0.39 is 0 Å². The molecule has 90 valence electrons. The number of benzene rings is 1. The van der Waals surface area contributed by atoms with Crippen molar-refractivity contribution in [3.8, 4) is 0 Å². The van der Waals surface area contributed by atoms with Crippen molar-refractivity contribution in [3.05, 3.63) is 54.9 Å². The molecular formula is C14H14N4. The lowest BCUT2D eigenvalue weighted by Gasteiger charge is -2.09. The third-order valence-corrected chi connectivity index (χ3v) is 3.06. The van der Waals surface area contributed by atoms with E-state index in [0.717, 1.165) is 23.3 Å². The first-order chi connectivity index (χ1) is 8.84. The molecule has 0 aliphatic rings. The predicted octanol–water partition coefficient (Wildman–Crippen LogP) is 2.58. The van der Waals surface area contributed by atoms with E-state index >= 15 is 0 Å². The lowest BCUT2D eigenvalue weighted by molar-refractivity contribution is 0.838. The number of aromatic nitrogens is 3. The molecule has 0 aliphatic heterocycles. The maximum absolute atomic E-state index is 4.18. The molecule has 0 unspecified atom stereocenters. The van der Waals surface area contributed by atoms with Gasteiger partial charge in [0.2, 0.25) is 0 Å². The minimum absolute atomic E-state index is 0.754. The van der Waals surface area contributed by atoms with Gasteiger partial charge in [-0.2, -0.15) is 0 Å². The van der Waals surface area contributed by atoms with Gasteiger partial charge in [-0.15, -0.1) is 0 Å². The zero-order valence-corrected chi connectivity index (χ0v) is 10.2. The Bertz CT molecular complexity index is 667. The van der Waals surface area contributed by atoms with Crippen LogP contribution in [-0.4, -0.2) is 14.5 Å². The minimum atomic E-state index is 0.754. The fraction of sp³-hybridized carbons (Fsp3) is 0.143. The summed E-state index contributed by atoms with van der Waals surface area (Å²) in [6.07, 6.45) is 7.38. The molecule has 0 fully saturated rings. The van der Waals surface area contributed by atoms with Gasteiger partial charge in [0.15, 0.2) is 0 Å². The largest absolute Gasteiger partial charge is 0.379 e. The van der Waals surface area contributed by atoms with Crippen molar-refractivity contribution in [2.75, 3.05) is 5.32 Å². The van der Waals surface area contributed by atoms with Gasteiger partial charge in [-0.1, -0.05) is 12.1 Å². The second-order valence-corrected chi connectivity index (χ2v) is 4.25. The summed E-state index contributed by atoms with van der Waals surface area (Å²) < 4.78 is 2.01. The second-order valence-electron chi connectivity index (χ2n) is 4.25. The van der Waals surface area contributed by atoms with Crippen LogP contribution in [0.1, 0.15) is 5.69 Å². The van der Waals surface area contributed by atoms with E-state index in [1.165, 1.54) is 5.39 Å². The number of imidazole rings is 1. The lowest BCUT2D eigenvalue weighted by Crippen LogP contribution is -2.04. The van der Waals surface area contributed by atoms with Crippen molar-refractivity contribution in [2.24, 2.45) is 7.05 Å². The maximum atomic E-state index is 4.18. The fourth-order valence-electron chi connectivity index (χ4n) is 2.01. The molecule has 3 rings (SSSR count). The molecular weight excluding hydrogens is 224 g/mol. The Balaban J connectivity index is 1.89. The Morgan fingerprint density at radius 2 is 2.11 bits per heavy atom. The van der Waals surface area contributed by atoms with E-state index in [1.807, 2.05) is 48.7 Å². The normalized spacial score (nSPS) is 10.7. The van der Waals surface area contributed by atoms with Gasteiger partial charge >= 0.3 is 0 Å². The van der Waals surface area contributed by atoms with Crippen LogP contribution in [0, 0.1) is 0 Å². The van der Waals surface area contributed by atoms with Crippen LogP contribution in [0.25, 0.3) is 10.8 Å². The van der Waals surface area contributed by atoms with Gasteiger partial charge in [0.25, 0.3) is 0 Å². The molecule has 0 aliphatic carbocycles. The molecule has 2 heterocycles. The quantitative estimate of drug-likeness (QED) is 0.762. The summed E-state index contributed by atoms with van der Waals surface area (Å²) in [6, 6.07) is 8.23. The number of pyridine rings is 1. The topological polar surface area (TPSA) is 42.7 Å². The zero-order chi connectivity index (χ0) is 12.4. The Kier molecular flexibility index (Phi) is 2.68. The van der Waals surface area contributed by atoms with E-state index in [-0.39, 0.29) is 0 Å². The Hall–Kier alpha value is -2.36. The van der Waals surface area contributed by atoms with Crippen molar-refractivity contribution in [3.63, 3.8) is 0 Å². The highest BCUT2D eigenvalue weighted by molar-refractivity contribution is 5.92. The highest BCUT2D eigenvalue weighted by Gasteiger charge is 2.02. The molecule has 0 saturated heterocycles. The van der Waals surface area contributed by atoms with Crippen LogP contribution in [0.5, 0.6) is 0 Å². The zero-order valence-electron chi connectivity index (χ0n) is 10.2. The Labute approximate surface area is 105 Å². The number of anilines is 1. The smallest absolute Gasteiger partial charge is 0.0946 e. The number of fused-ring (bicyclic) bond motifs is 1. The summed E-state index contributed by atoms with van der Waals surface area (Å²) >= 11 is 0. The van der Waals surface area contributed by atoms with Gasteiger partial charge in [0.1, 0.15) is 0 Å². The first-order valence-corrected chi connectivity index (χ1v) is 5.86. The molecule has 0 saturated carbocycles. The van der Waals surface area contributed by atoms with Crippen LogP contribution in [-0.2, 0) is 13.6 Å². The average molecular weight is 238 g/mol. The maximum Gasteiger partial charge on any atom is 0.0946 e. The van der Waals surface area contributed by atoms with E-state index in [0.29, 0.717) is 0 Å². The summed E-state index contributed by atoms with van der Waals surface area (Å²) in [5.41, 5.74) is 2.25. The van der Waals surface area contributed by atoms with Crippen molar-refractivity contribution < 1.29 is 0 Å². The Morgan fingerprint density at radius 3 is 2.94 bits per heavy atom. The fourth-order valence-corrected chi connectivity index (χ4v) is 2.01. The molecule has 4 heteroatoms. The number of hydrogen-bond donors (Lipinski definition) is 1. The van der Waals surface area contributed by atoms with Crippen LogP contribution in [0.4, 0.5) is 5.69 Å². The third kappa shape index (κ3) is 1.93. The molecule has 3 aromatic rings. The van der Waals surface area contributed by atoms with Gasteiger partial charge in [-0.25, -0.2) is 4.98 Å². The molecule has 0 amide bonds. The summed E-state index contributed by atoms with van der Waals surface area (Å²) in [5, 5.41) is 5.77. The van der Waals surface area contributed by atoms with E-state index in [1.54, 1.807) is 0 Å². The third-order valence-electron chi connectivity index (χ3n) is 3.06. The van der Waals surface area contributed by atoms with Crippen LogP contribution < -0.4 is 5.32 Å².